The SMILES string of the molecule is COCCNCc1ccc(-n2nc(C)nc2C)c(C)c1. The van der Waals surface area contributed by atoms with Crippen LogP contribution in [-0.4, -0.2) is 35.0 Å². The number of hydrogen-bond donors (Lipinski definition) is 1. The second-order valence-corrected chi connectivity index (χ2v) is 4.91. The normalized spacial score (nSPS) is 11.0. The average molecular weight is 274 g/mol. The fourth-order valence-corrected chi connectivity index (χ4v) is 2.22. The van der Waals surface area contributed by atoms with Crippen molar-refractivity contribution in [3.8, 4) is 5.69 Å². The molecule has 0 saturated heterocycles. The zero-order valence-electron chi connectivity index (χ0n) is 12.6. The zero-order chi connectivity index (χ0) is 14.5. The van der Waals surface area contributed by atoms with Crippen molar-refractivity contribution in [1.29, 1.82) is 0 Å². The Morgan fingerprint density at radius 2 is 2.05 bits per heavy atom. The van der Waals surface area contributed by atoms with Gasteiger partial charge in [-0.25, -0.2) is 9.67 Å². The van der Waals surface area contributed by atoms with Crippen molar-refractivity contribution in [2.45, 2.75) is 27.3 Å². The molecule has 1 aromatic carbocycles. The van der Waals surface area contributed by atoms with Crippen LogP contribution >= 0.6 is 0 Å². The Morgan fingerprint density at radius 3 is 2.65 bits per heavy atom. The Kier molecular flexibility index (Phi) is 4.87. The first-order valence-electron chi connectivity index (χ1n) is 6.81. The molecule has 1 heterocycles. The Bertz CT molecular complexity index is 577. The van der Waals surface area contributed by atoms with Gasteiger partial charge in [0.15, 0.2) is 0 Å². The van der Waals surface area contributed by atoms with Crippen LogP contribution in [0, 0.1) is 20.8 Å². The van der Waals surface area contributed by atoms with Crippen molar-refractivity contribution in [1.82, 2.24) is 20.1 Å². The maximum atomic E-state index is 5.01. The topological polar surface area (TPSA) is 52.0 Å². The van der Waals surface area contributed by atoms with E-state index in [4.69, 9.17) is 4.74 Å². The van der Waals surface area contributed by atoms with Gasteiger partial charge in [0, 0.05) is 20.2 Å². The van der Waals surface area contributed by atoms with Crippen LogP contribution in [0.15, 0.2) is 18.2 Å². The molecular weight excluding hydrogens is 252 g/mol. The number of aryl methyl sites for hydroxylation is 3. The number of methoxy groups -OCH3 is 1. The molecule has 108 valence electrons. The van der Waals surface area contributed by atoms with Crippen molar-refractivity contribution in [2.75, 3.05) is 20.3 Å². The molecule has 0 aliphatic carbocycles. The summed E-state index contributed by atoms with van der Waals surface area (Å²) in [5.41, 5.74) is 3.55. The maximum absolute atomic E-state index is 5.01. The molecule has 0 aliphatic rings. The summed E-state index contributed by atoms with van der Waals surface area (Å²) in [4.78, 5) is 4.35. The van der Waals surface area contributed by atoms with Gasteiger partial charge in [0.05, 0.1) is 12.3 Å². The minimum absolute atomic E-state index is 0.731. The van der Waals surface area contributed by atoms with E-state index in [9.17, 15) is 0 Å². The molecule has 1 N–H and O–H groups in total. The minimum atomic E-state index is 0.731. The standard InChI is InChI=1S/C15H22N4O/c1-11-9-14(10-16-7-8-20-4)5-6-15(11)19-13(3)17-12(2)18-19/h5-6,9,16H,7-8,10H2,1-4H3. The van der Waals surface area contributed by atoms with Gasteiger partial charge in [0.2, 0.25) is 0 Å². The molecule has 20 heavy (non-hydrogen) atoms. The fourth-order valence-electron chi connectivity index (χ4n) is 2.22. The van der Waals surface area contributed by atoms with Crippen molar-refractivity contribution in [3.63, 3.8) is 0 Å². The van der Waals surface area contributed by atoms with E-state index in [1.807, 2.05) is 18.5 Å². The first-order chi connectivity index (χ1) is 9.61. The molecule has 0 aliphatic heterocycles. The van der Waals surface area contributed by atoms with Crippen LogP contribution in [0.25, 0.3) is 5.69 Å². The van der Waals surface area contributed by atoms with Crippen LogP contribution in [0.3, 0.4) is 0 Å². The minimum Gasteiger partial charge on any atom is -0.383 e. The molecule has 1 aromatic heterocycles. The summed E-state index contributed by atoms with van der Waals surface area (Å²) in [6.07, 6.45) is 0. The molecule has 0 saturated carbocycles. The van der Waals surface area contributed by atoms with E-state index in [-0.39, 0.29) is 0 Å². The number of nitrogens with zero attached hydrogens (tertiary/aromatic N) is 3. The van der Waals surface area contributed by atoms with E-state index >= 15 is 0 Å². The molecule has 0 bridgehead atoms. The molecule has 2 aromatic rings. The molecule has 2 rings (SSSR count). The predicted octanol–water partition coefficient (Wildman–Crippen LogP) is 1.93. The third-order valence-corrected chi connectivity index (χ3v) is 3.18. The molecule has 0 amide bonds. The van der Waals surface area contributed by atoms with Gasteiger partial charge in [-0.1, -0.05) is 12.1 Å². The van der Waals surface area contributed by atoms with E-state index in [2.05, 4.69) is 40.5 Å². The Hall–Kier alpha value is -1.72. The van der Waals surface area contributed by atoms with Crippen molar-refractivity contribution in [3.05, 3.63) is 41.0 Å². The van der Waals surface area contributed by atoms with Crippen LogP contribution in [0.2, 0.25) is 0 Å². The van der Waals surface area contributed by atoms with Gasteiger partial charge < -0.3 is 10.1 Å². The Morgan fingerprint density at radius 1 is 1.25 bits per heavy atom. The van der Waals surface area contributed by atoms with Crippen LogP contribution in [0.1, 0.15) is 22.8 Å². The smallest absolute Gasteiger partial charge is 0.148 e. The second kappa shape index (κ2) is 6.63. The summed E-state index contributed by atoms with van der Waals surface area (Å²) in [6, 6.07) is 6.41. The van der Waals surface area contributed by atoms with E-state index in [1.165, 1.54) is 11.1 Å². The van der Waals surface area contributed by atoms with Gasteiger partial charge >= 0.3 is 0 Å². The first kappa shape index (κ1) is 14.7. The molecule has 5 nitrogen and oxygen atoms in total. The summed E-state index contributed by atoms with van der Waals surface area (Å²) in [7, 11) is 1.71. The lowest BCUT2D eigenvalue weighted by atomic mass is 10.1. The van der Waals surface area contributed by atoms with Gasteiger partial charge in [-0.05, 0) is 38.0 Å². The van der Waals surface area contributed by atoms with Crippen LogP contribution in [0.4, 0.5) is 0 Å². The number of aromatic nitrogens is 3. The van der Waals surface area contributed by atoms with E-state index in [1.54, 1.807) is 7.11 Å². The lowest BCUT2D eigenvalue weighted by molar-refractivity contribution is 0.199. The fraction of sp³-hybridized carbons (Fsp3) is 0.467. The van der Waals surface area contributed by atoms with Gasteiger partial charge in [-0.15, -0.1) is 0 Å². The van der Waals surface area contributed by atoms with Crippen LogP contribution in [-0.2, 0) is 11.3 Å². The monoisotopic (exact) mass is 274 g/mol. The summed E-state index contributed by atoms with van der Waals surface area (Å²) in [5.74, 6) is 1.71. The second-order valence-electron chi connectivity index (χ2n) is 4.91. The molecular formula is C15H22N4O. The number of rotatable bonds is 6. The van der Waals surface area contributed by atoms with Crippen molar-refractivity contribution in [2.24, 2.45) is 0 Å². The molecule has 0 atom stereocenters. The summed E-state index contributed by atoms with van der Waals surface area (Å²) in [6.45, 7) is 8.42. The number of ether oxygens (including phenoxy) is 1. The van der Waals surface area contributed by atoms with Gasteiger partial charge in [-0.2, -0.15) is 5.10 Å². The number of benzene rings is 1. The zero-order valence-corrected chi connectivity index (χ0v) is 12.6. The van der Waals surface area contributed by atoms with E-state index < -0.39 is 0 Å². The lowest BCUT2D eigenvalue weighted by Gasteiger charge is -2.10. The quantitative estimate of drug-likeness (QED) is 0.818. The lowest BCUT2D eigenvalue weighted by Crippen LogP contribution is -2.18. The van der Waals surface area contributed by atoms with Crippen LogP contribution in [0.5, 0.6) is 0 Å². The van der Waals surface area contributed by atoms with E-state index in [0.29, 0.717) is 0 Å². The maximum Gasteiger partial charge on any atom is 0.148 e. The van der Waals surface area contributed by atoms with Crippen molar-refractivity contribution >= 4 is 0 Å². The Balaban J connectivity index is 2.12. The number of nitrogens with one attached hydrogen (secondary N) is 1. The van der Waals surface area contributed by atoms with Gasteiger partial charge in [0.25, 0.3) is 0 Å². The van der Waals surface area contributed by atoms with Gasteiger partial charge in [-0.3, -0.25) is 0 Å². The summed E-state index contributed by atoms with van der Waals surface area (Å²) >= 11 is 0. The molecule has 0 spiro atoms. The predicted molar refractivity (Wildman–Crippen MR) is 79.2 cm³/mol. The third-order valence-electron chi connectivity index (χ3n) is 3.18. The summed E-state index contributed by atoms with van der Waals surface area (Å²) in [5, 5.41) is 7.78. The van der Waals surface area contributed by atoms with E-state index in [0.717, 1.165) is 37.0 Å². The van der Waals surface area contributed by atoms with Crippen molar-refractivity contribution < 1.29 is 4.74 Å². The third kappa shape index (κ3) is 3.43. The first-order valence-corrected chi connectivity index (χ1v) is 6.81. The molecule has 0 radical (unpaired) electrons. The average Bonchev–Trinajstić information content (AvgIpc) is 2.74. The highest BCUT2D eigenvalue weighted by molar-refractivity contribution is 5.42. The highest BCUT2D eigenvalue weighted by atomic mass is 16.5. The number of hydrogen-bond acceptors (Lipinski definition) is 4. The molecule has 5 heteroatoms. The molecule has 0 fully saturated rings. The highest BCUT2D eigenvalue weighted by Crippen LogP contribution is 2.16. The largest absolute Gasteiger partial charge is 0.383 e. The highest BCUT2D eigenvalue weighted by Gasteiger charge is 2.08. The van der Waals surface area contributed by atoms with Crippen LogP contribution < -0.4 is 5.32 Å². The molecule has 0 unspecified atom stereocenters. The van der Waals surface area contributed by atoms with Gasteiger partial charge in [0.1, 0.15) is 11.6 Å². The summed E-state index contributed by atoms with van der Waals surface area (Å²) < 4.78 is 6.91. The Labute approximate surface area is 120 Å².